The molecule has 3 aromatic rings. The Bertz CT molecular complexity index is 994. The number of imidazole rings is 1. The summed E-state index contributed by atoms with van der Waals surface area (Å²) in [5.41, 5.74) is 1.90. The van der Waals surface area contributed by atoms with Crippen LogP contribution in [0.5, 0.6) is 5.88 Å². The number of hydrogen-bond acceptors (Lipinski definition) is 6. The SMILES string of the molecule is N#Cc1nccnc1OC1CCN(C(=O)c2ccc(Cn3ccnc3)cc2)C1. The van der Waals surface area contributed by atoms with Crippen LogP contribution in [0.1, 0.15) is 28.0 Å². The molecule has 3 heterocycles. The Balaban J connectivity index is 1.37. The van der Waals surface area contributed by atoms with Crippen molar-refractivity contribution in [1.82, 2.24) is 24.4 Å². The van der Waals surface area contributed by atoms with E-state index in [4.69, 9.17) is 10.00 Å². The third-order valence-electron chi connectivity index (χ3n) is 4.61. The zero-order valence-corrected chi connectivity index (χ0v) is 15.1. The van der Waals surface area contributed by atoms with Crippen LogP contribution in [-0.2, 0) is 6.54 Å². The summed E-state index contributed by atoms with van der Waals surface area (Å²) >= 11 is 0. The van der Waals surface area contributed by atoms with Crippen LogP contribution in [0.15, 0.2) is 55.4 Å². The van der Waals surface area contributed by atoms with E-state index in [1.165, 1.54) is 12.4 Å². The minimum Gasteiger partial charge on any atom is -0.470 e. The van der Waals surface area contributed by atoms with E-state index in [2.05, 4.69) is 15.0 Å². The van der Waals surface area contributed by atoms with Crippen molar-refractivity contribution in [2.75, 3.05) is 13.1 Å². The number of aromatic nitrogens is 4. The van der Waals surface area contributed by atoms with Gasteiger partial charge in [-0.3, -0.25) is 4.79 Å². The van der Waals surface area contributed by atoms with Crippen molar-refractivity contribution >= 4 is 5.91 Å². The van der Waals surface area contributed by atoms with Crippen molar-refractivity contribution in [3.8, 4) is 11.9 Å². The van der Waals surface area contributed by atoms with Crippen molar-refractivity contribution in [3.05, 3.63) is 72.2 Å². The number of nitrogens with zero attached hydrogens (tertiary/aromatic N) is 6. The summed E-state index contributed by atoms with van der Waals surface area (Å²) in [6, 6.07) is 9.57. The van der Waals surface area contributed by atoms with E-state index in [0.29, 0.717) is 31.6 Å². The zero-order valence-electron chi connectivity index (χ0n) is 15.1. The summed E-state index contributed by atoms with van der Waals surface area (Å²) < 4.78 is 7.77. The van der Waals surface area contributed by atoms with Gasteiger partial charge in [-0.2, -0.15) is 5.26 Å². The maximum absolute atomic E-state index is 12.8. The van der Waals surface area contributed by atoms with Crippen LogP contribution < -0.4 is 4.74 Å². The largest absolute Gasteiger partial charge is 0.470 e. The number of rotatable bonds is 5. The van der Waals surface area contributed by atoms with E-state index in [-0.39, 0.29) is 23.6 Å². The smallest absolute Gasteiger partial charge is 0.253 e. The lowest BCUT2D eigenvalue weighted by molar-refractivity contribution is 0.0771. The summed E-state index contributed by atoms with van der Waals surface area (Å²) in [5, 5.41) is 9.08. The highest BCUT2D eigenvalue weighted by Gasteiger charge is 2.29. The molecule has 28 heavy (non-hydrogen) atoms. The first-order valence-electron chi connectivity index (χ1n) is 8.94. The fraction of sp³-hybridized carbons (Fsp3) is 0.250. The molecule has 0 aliphatic carbocycles. The first-order chi connectivity index (χ1) is 13.7. The highest BCUT2D eigenvalue weighted by atomic mass is 16.5. The fourth-order valence-electron chi connectivity index (χ4n) is 3.18. The quantitative estimate of drug-likeness (QED) is 0.676. The second kappa shape index (κ2) is 7.88. The molecule has 1 aromatic carbocycles. The predicted molar refractivity (Wildman–Crippen MR) is 99.5 cm³/mol. The van der Waals surface area contributed by atoms with E-state index >= 15 is 0 Å². The second-order valence-electron chi connectivity index (χ2n) is 6.53. The second-order valence-corrected chi connectivity index (χ2v) is 6.53. The van der Waals surface area contributed by atoms with Crippen LogP contribution in [0.4, 0.5) is 0 Å². The van der Waals surface area contributed by atoms with Gasteiger partial charge in [0.2, 0.25) is 5.69 Å². The van der Waals surface area contributed by atoms with Crippen molar-refractivity contribution < 1.29 is 9.53 Å². The molecular weight excluding hydrogens is 356 g/mol. The average molecular weight is 374 g/mol. The number of likely N-dealkylation sites (tertiary alicyclic amines) is 1. The number of nitriles is 1. The standard InChI is InChI=1S/C20H18N6O2/c21-11-18-19(24-7-6-23-18)28-17-5-9-26(13-17)20(27)16-3-1-15(2-4-16)12-25-10-8-22-14-25/h1-4,6-8,10,14,17H,5,9,12-13H2. The van der Waals surface area contributed by atoms with Crippen molar-refractivity contribution in [1.29, 1.82) is 5.26 Å². The van der Waals surface area contributed by atoms with Crippen molar-refractivity contribution in [2.24, 2.45) is 0 Å². The molecule has 0 radical (unpaired) electrons. The number of amides is 1. The number of carbonyl (C=O) groups excluding carboxylic acids is 1. The maximum atomic E-state index is 12.8. The molecule has 2 aromatic heterocycles. The van der Waals surface area contributed by atoms with Gasteiger partial charge in [0.1, 0.15) is 12.2 Å². The Morgan fingerprint density at radius 1 is 1.21 bits per heavy atom. The molecular formula is C20H18N6O2. The number of hydrogen-bond donors (Lipinski definition) is 0. The molecule has 1 aliphatic rings. The van der Waals surface area contributed by atoms with Gasteiger partial charge in [-0.15, -0.1) is 0 Å². The third-order valence-corrected chi connectivity index (χ3v) is 4.61. The van der Waals surface area contributed by atoms with Gasteiger partial charge in [-0.05, 0) is 17.7 Å². The highest BCUT2D eigenvalue weighted by molar-refractivity contribution is 5.94. The zero-order chi connectivity index (χ0) is 19.3. The van der Waals surface area contributed by atoms with Crippen LogP contribution in [0.25, 0.3) is 0 Å². The molecule has 8 heteroatoms. The normalized spacial score (nSPS) is 16.0. The van der Waals surface area contributed by atoms with Crippen molar-refractivity contribution in [2.45, 2.75) is 19.1 Å². The molecule has 140 valence electrons. The number of carbonyl (C=O) groups is 1. The minimum atomic E-state index is -0.201. The topological polar surface area (TPSA) is 96.9 Å². The van der Waals surface area contributed by atoms with Gasteiger partial charge in [-0.25, -0.2) is 15.0 Å². The first kappa shape index (κ1) is 17.7. The number of ether oxygens (including phenoxy) is 1. The van der Waals surface area contributed by atoms with Crippen LogP contribution in [-0.4, -0.2) is 49.5 Å². The molecule has 1 aliphatic heterocycles. The monoisotopic (exact) mass is 374 g/mol. The van der Waals surface area contributed by atoms with Gasteiger partial charge in [0, 0.05) is 49.9 Å². The Labute approximate surface area is 162 Å². The van der Waals surface area contributed by atoms with E-state index in [0.717, 1.165) is 5.56 Å². The van der Waals surface area contributed by atoms with Crippen molar-refractivity contribution in [3.63, 3.8) is 0 Å². The van der Waals surface area contributed by atoms with Crippen LogP contribution in [0.3, 0.4) is 0 Å². The van der Waals surface area contributed by atoms with Crippen LogP contribution >= 0.6 is 0 Å². The van der Waals surface area contributed by atoms with Gasteiger partial charge in [0.05, 0.1) is 12.9 Å². The first-order valence-corrected chi connectivity index (χ1v) is 8.94. The lowest BCUT2D eigenvalue weighted by Gasteiger charge is -2.17. The molecule has 0 N–H and O–H groups in total. The Morgan fingerprint density at radius 3 is 2.79 bits per heavy atom. The summed E-state index contributed by atoms with van der Waals surface area (Å²) in [6.07, 6.45) is 8.83. The molecule has 1 saturated heterocycles. The molecule has 1 fully saturated rings. The Hall–Kier alpha value is -3.73. The fourth-order valence-corrected chi connectivity index (χ4v) is 3.18. The summed E-state index contributed by atoms with van der Waals surface area (Å²) in [4.78, 5) is 26.6. The van der Waals surface area contributed by atoms with E-state index < -0.39 is 0 Å². The molecule has 0 saturated carbocycles. The predicted octanol–water partition coefficient (Wildman–Crippen LogP) is 1.89. The average Bonchev–Trinajstić information content (AvgIpc) is 3.41. The van der Waals surface area contributed by atoms with Gasteiger partial charge in [0.25, 0.3) is 11.8 Å². The molecule has 4 rings (SSSR count). The minimum absolute atomic E-state index is 0.0278. The highest BCUT2D eigenvalue weighted by Crippen LogP contribution is 2.20. The third kappa shape index (κ3) is 3.83. The molecule has 1 amide bonds. The number of benzene rings is 1. The molecule has 1 atom stereocenters. The van der Waals surface area contributed by atoms with E-state index in [9.17, 15) is 4.79 Å². The van der Waals surface area contributed by atoms with Gasteiger partial charge >= 0.3 is 0 Å². The lowest BCUT2D eigenvalue weighted by Crippen LogP contribution is -2.31. The van der Waals surface area contributed by atoms with Crippen LogP contribution in [0.2, 0.25) is 0 Å². The van der Waals surface area contributed by atoms with E-state index in [1.54, 1.807) is 17.4 Å². The van der Waals surface area contributed by atoms with Gasteiger partial charge in [0.15, 0.2) is 0 Å². The molecule has 0 spiro atoms. The van der Waals surface area contributed by atoms with Crippen LogP contribution in [0, 0.1) is 11.3 Å². The summed E-state index contributed by atoms with van der Waals surface area (Å²) in [5.74, 6) is 0.188. The Morgan fingerprint density at radius 2 is 2.04 bits per heavy atom. The molecule has 8 nitrogen and oxygen atoms in total. The van der Waals surface area contributed by atoms with Gasteiger partial charge in [-0.1, -0.05) is 12.1 Å². The molecule has 0 bridgehead atoms. The summed E-state index contributed by atoms with van der Waals surface area (Å²) in [6.45, 7) is 1.77. The van der Waals surface area contributed by atoms with Gasteiger partial charge < -0.3 is 14.2 Å². The lowest BCUT2D eigenvalue weighted by atomic mass is 10.1. The van der Waals surface area contributed by atoms with E-state index in [1.807, 2.05) is 41.1 Å². The summed E-state index contributed by atoms with van der Waals surface area (Å²) in [7, 11) is 0. The maximum Gasteiger partial charge on any atom is 0.253 e. The molecule has 1 unspecified atom stereocenters. The Kier molecular flexibility index (Phi) is 4.97.